The van der Waals surface area contributed by atoms with Crippen LogP contribution in [0.5, 0.6) is 5.75 Å². The van der Waals surface area contributed by atoms with Crippen molar-refractivity contribution in [2.24, 2.45) is 10.9 Å². The number of amides is 1. The fourth-order valence-corrected chi connectivity index (χ4v) is 3.68. The van der Waals surface area contributed by atoms with Crippen LogP contribution in [0.1, 0.15) is 30.9 Å². The number of nitrogens with one attached hydrogen (secondary N) is 2. The lowest BCUT2D eigenvalue weighted by atomic mass is 9.93. The molecular weight excluding hydrogens is 354 g/mol. The Labute approximate surface area is 169 Å². The predicted molar refractivity (Wildman–Crippen MR) is 114 cm³/mol. The van der Waals surface area contributed by atoms with Gasteiger partial charge in [0.25, 0.3) is 0 Å². The van der Waals surface area contributed by atoms with Gasteiger partial charge in [-0.1, -0.05) is 12.1 Å². The topological polar surface area (TPSA) is 69.2 Å². The molecule has 1 aliphatic rings. The zero-order valence-corrected chi connectivity index (χ0v) is 17.9. The monoisotopic (exact) mass is 389 g/mol. The highest BCUT2D eigenvalue weighted by molar-refractivity contribution is 5.80. The van der Waals surface area contributed by atoms with E-state index in [0.717, 1.165) is 44.2 Å². The van der Waals surface area contributed by atoms with Crippen molar-refractivity contribution in [2.45, 2.75) is 25.3 Å². The zero-order chi connectivity index (χ0) is 20.5. The molecule has 0 bridgehead atoms. The van der Waals surface area contributed by atoms with E-state index in [-0.39, 0.29) is 11.9 Å². The minimum absolute atomic E-state index is 0.132. The minimum Gasteiger partial charge on any atom is -0.497 e. The van der Waals surface area contributed by atoms with Crippen molar-refractivity contribution >= 4 is 11.9 Å². The van der Waals surface area contributed by atoms with Crippen LogP contribution in [0.3, 0.4) is 0 Å². The van der Waals surface area contributed by atoms with E-state index in [1.807, 2.05) is 19.2 Å². The molecule has 1 aromatic rings. The Bertz CT molecular complexity index is 654. The summed E-state index contributed by atoms with van der Waals surface area (Å²) >= 11 is 0. The molecule has 156 valence electrons. The second-order valence-corrected chi connectivity index (χ2v) is 7.49. The number of ether oxygens (including phenoxy) is 1. The van der Waals surface area contributed by atoms with Gasteiger partial charge in [0.15, 0.2) is 5.96 Å². The molecule has 1 aliphatic heterocycles. The summed E-state index contributed by atoms with van der Waals surface area (Å²) in [5.74, 6) is 2.38. The van der Waals surface area contributed by atoms with Gasteiger partial charge in [0.2, 0.25) is 5.91 Å². The number of hydrogen-bond acceptors (Lipinski definition) is 4. The van der Waals surface area contributed by atoms with Crippen molar-refractivity contribution in [3.63, 3.8) is 0 Å². The number of likely N-dealkylation sites (N-methyl/N-ethyl adjacent to an activating group) is 1. The van der Waals surface area contributed by atoms with E-state index in [4.69, 9.17) is 4.74 Å². The number of nitrogens with zero attached hydrogens (tertiary/aromatic N) is 3. The van der Waals surface area contributed by atoms with E-state index in [2.05, 4.69) is 51.7 Å². The summed E-state index contributed by atoms with van der Waals surface area (Å²) in [7, 11) is 9.39. The number of guanidine groups is 1. The molecule has 1 heterocycles. The molecule has 1 atom stereocenters. The van der Waals surface area contributed by atoms with Crippen LogP contribution in [0, 0.1) is 5.92 Å². The van der Waals surface area contributed by atoms with Crippen LogP contribution >= 0.6 is 0 Å². The third-order valence-corrected chi connectivity index (χ3v) is 5.43. The fourth-order valence-electron chi connectivity index (χ4n) is 3.68. The number of hydrogen-bond donors (Lipinski definition) is 2. The molecular formula is C21H35N5O2. The molecule has 1 fully saturated rings. The van der Waals surface area contributed by atoms with E-state index in [9.17, 15) is 4.79 Å². The number of methoxy groups -OCH3 is 1. The molecule has 2 rings (SSSR count). The van der Waals surface area contributed by atoms with Gasteiger partial charge in [-0.15, -0.1) is 0 Å². The van der Waals surface area contributed by atoms with E-state index in [0.29, 0.717) is 12.3 Å². The van der Waals surface area contributed by atoms with Gasteiger partial charge in [-0.05, 0) is 50.6 Å². The Morgan fingerprint density at radius 1 is 1.36 bits per heavy atom. The maximum absolute atomic E-state index is 11.6. The summed E-state index contributed by atoms with van der Waals surface area (Å²) < 4.78 is 5.37. The van der Waals surface area contributed by atoms with Crippen molar-refractivity contribution in [1.29, 1.82) is 0 Å². The van der Waals surface area contributed by atoms with Crippen LogP contribution in [0.2, 0.25) is 0 Å². The Kier molecular flexibility index (Phi) is 8.57. The van der Waals surface area contributed by atoms with E-state index in [1.165, 1.54) is 5.56 Å². The lowest BCUT2D eigenvalue weighted by Gasteiger charge is -2.35. The molecule has 0 saturated carbocycles. The molecule has 0 spiro atoms. The molecule has 28 heavy (non-hydrogen) atoms. The molecule has 1 aromatic carbocycles. The Balaban J connectivity index is 1.94. The lowest BCUT2D eigenvalue weighted by Crippen LogP contribution is -2.47. The third-order valence-electron chi connectivity index (χ3n) is 5.43. The van der Waals surface area contributed by atoms with Gasteiger partial charge in [-0.3, -0.25) is 9.79 Å². The maximum atomic E-state index is 11.6. The number of aliphatic imine (C=N–C) groups is 1. The molecule has 1 saturated heterocycles. The van der Waals surface area contributed by atoms with Gasteiger partial charge in [-0.2, -0.15) is 0 Å². The smallest absolute Gasteiger partial charge is 0.220 e. The highest BCUT2D eigenvalue weighted by Gasteiger charge is 2.24. The average molecular weight is 390 g/mol. The summed E-state index contributed by atoms with van der Waals surface area (Å²) in [6, 6.07) is 8.40. The molecule has 7 nitrogen and oxygen atoms in total. The van der Waals surface area contributed by atoms with Crippen LogP contribution in [-0.2, 0) is 4.79 Å². The number of carbonyl (C=O) groups is 1. The number of piperidine rings is 1. The van der Waals surface area contributed by atoms with E-state index in [1.54, 1.807) is 14.2 Å². The van der Waals surface area contributed by atoms with Crippen molar-refractivity contribution in [3.05, 3.63) is 29.8 Å². The first-order valence-corrected chi connectivity index (χ1v) is 9.95. The molecule has 1 amide bonds. The van der Waals surface area contributed by atoms with Crippen LogP contribution in [0.25, 0.3) is 0 Å². The maximum Gasteiger partial charge on any atom is 0.220 e. The summed E-state index contributed by atoms with van der Waals surface area (Å²) in [5, 5.41) is 6.26. The minimum atomic E-state index is 0.132. The van der Waals surface area contributed by atoms with Crippen LogP contribution in [-0.4, -0.2) is 76.6 Å². The number of rotatable bonds is 7. The first-order chi connectivity index (χ1) is 13.5. The van der Waals surface area contributed by atoms with Crippen molar-refractivity contribution in [1.82, 2.24) is 20.4 Å². The van der Waals surface area contributed by atoms with Gasteiger partial charge < -0.3 is 25.2 Å². The van der Waals surface area contributed by atoms with Gasteiger partial charge in [0.05, 0.1) is 13.2 Å². The second kappa shape index (κ2) is 10.9. The number of carbonyl (C=O) groups excluding carboxylic acids is 1. The highest BCUT2D eigenvalue weighted by atomic mass is 16.5. The highest BCUT2D eigenvalue weighted by Crippen LogP contribution is 2.23. The Hall–Kier alpha value is -2.28. The average Bonchev–Trinajstić information content (AvgIpc) is 2.71. The molecule has 2 N–H and O–H groups in total. The predicted octanol–water partition coefficient (Wildman–Crippen LogP) is 1.72. The molecule has 0 aromatic heterocycles. The van der Waals surface area contributed by atoms with Gasteiger partial charge in [0.1, 0.15) is 5.75 Å². The van der Waals surface area contributed by atoms with Crippen LogP contribution in [0.15, 0.2) is 29.3 Å². The zero-order valence-electron chi connectivity index (χ0n) is 17.9. The van der Waals surface area contributed by atoms with Gasteiger partial charge in [-0.25, -0.2) is 0 Å². The number of benzene rings is 1. The first kappa shape index (κ1) is 22.0. The lowest BCUT2D eigenvalue weighted by molar-refractivity contribution is -0.121. The normalized spacial score (nSPS) is 16.8. The van der Waals surface area contributed by atoms with Crippen LogP contribution < -0.4 is 15.4 Å². The van der Waals surface area contributed by atoms with Gasteiger partial charge >= 0.3 is 0 Å². The number of likely N-dealkylation sites (tertiary alicyclic amines) is 1. The quantitative estimate of drug-likeness (QED) is 0.549. The second-order valence-electron chi connectivity index (χ2n) is 7.49. The summed E-state index contributed by atoms with van der Waals surface area (Å²) in [5.41, 5.74) is 1.21. The third kappa shape index (κ3) is 6.12. The Morgan fingerprint density at radius 3 is 2.64 bits per heavy atom. The summed E-state index contributed by atoms with van der Waals surface area (Å²) in [6.07, 6.45) is 2.65. The van der Waals surface area contributed by atoms with Crippen LogP contribution in [0.4, 0.5) is 0 Å². The van der Waals surface area contributed by atoms with E-state index < -0.39 is 0 Å². The molecule has 0 radical (unpaired) electrons. The van der Waals surface area contributed by atoms with Crippen molar-refractivity contribution < 1.29 is 9.53 Å². The fraction of sp³-hybridized carbons (Fsp3) is 0.619. The van der Waals surface area contributed by atoms with Crippen molar-refractivity contribution in [2.75, 3.05) is 54.9 Å². The Morgan fingerprint density at radius 2 is 2.07 bits per heavy atom. The van der Waals surface area contributed by atoms with Gasteiger partial charge in [0, 0.05) is 40.2 Å². The summed E-state index contributed by atoms with van der Waals surface area (Å²) in [4.78, 5) is 20.6. The molecule has 0 aliphatic carbocycles. The molecule has 7 heteroatoms. The van der Waals surface area contributed by atoms with Crippen molar-refractivity contribution in [3.8, 4) is 5.75 Å². The van der Waals surface area contributed by atoms with E-state index >= 15 is 0 Å². The molecule has 1 unspecified atom stereocenters. The standard InChI is InChI=1S/C21H35N5O2/c1-22-20(27)13-16-9-11-26(12-10-16)21(23-2)24-15-19(25(3)4)17-7-6-8-18(14-17)28-5/h6-8,14,16,19H,9-13,15H2,1-5H3,(H,22,27)(H,23,24). The largest absolute Gasteiger partial charge is 0.497 e. The summed E-state index contributed by atoms with van der Waals surface area (Å²) in [6.45, 7) is 2.60. The SMILES string of the molecule is CN=C(NCC(c1cccc(OC)c1)N(C)C)N1CCC(CC(=O)NC)CC1. The first-order valence-electron chi connectivity index (χ1n) is 9.95.